The van der Waals surface area contributed by atoms with Gasteiger partial charge in [-0.15, -0.1) is 11.5 Å². The number of rotatable bonds is 1. The number of halogens is 3. The third-order valence-corrected chi connectivity index (χ3v) is 2.98. The highest BCUT2D eigenvalue weighted by Crippen LogP contribution is 2.56. The molecule has 1 unspecified atom stereocenters. The van der Waals surface area contributed by atoms with E-state index < -0.39 is 17.7 Å². The Morgan fingerprint density at radius 3 is 2.78 bits per heavy atom. The van der Waals surface area contributed by atoms with Crippen molar-refractivity contribution in [2.75, 3.05) is 5.73 Å². The molecule has 3 rings (SSSR count). The van der Waals surface area contributed by atoms with Gasteiger partial charge in [-0.25, -0.2) is 22.7 Å². The number of nitrogen functional groups attached to an aromatic ring is 1. The van der Waals surface area contributed by atoms with Crippen molar-refractivity contribution in [2.24, 2.45) is 0 Å². The van der Waals surface area contributed by atoms with Crippen LogP contribution in [0.25, 0.3) is 5.52 Å². The van der Waals surface area contributed by atoms with E-state index in [1.165, 1.54) is 0 Å². The van der Waals surface area contributed by atoms with E-state index in [2.05, 4.69) is 16.0 Å². The molecule has 2 N–H and O–H groups in total. The van der Waals surface area contributed by atoms with Gasteiger partial charge in [0.15, 0.2) is 5.82 Å². The third-order valence-electron chi connectivity index (χ3n) is 2.98. The maximum Gasteiger partial charge on any atom is 0.257 e. The van der Waals surface area contributed by atoms with Gasteiger partial charge in [-0.2, -0.15) is 0 Å². The Kier molecular flexibility index (Phi) is 1.91. The van der Waals surface area contributed by atoms with Crippen LogP contribution in [0.15, 0.2) is 6.20 Å². The molecule has 1 saturated carbocycles. The molecule has 0 amide bonds. The lowest BCUT2D eigenvalue weighted by atomic mass is 10.2. The molecule has 1 aliphatic carbocycles. The van der Waals surface area contributed by atoms with Crippen LogP contribution in [0, 0.1) is 18.2 Å². The van der Waals surface area contributed by atoms with Crippen molar-refractivity contribution in [3.63, 3.8) is 0 Å². The lowest BCUT2D eigenvalue weighted by molar-refractivity contribution is 0.111. The average Bonchev–Trinajstić information content (AvgIpc) is 2.83. The zero-order valence-corrected chi connectivity index (χ0v) is 8.99. The topological polar surface area (TPSA) is 56.2 Å². The SMILES string of the molecule is C#Cc1c(F)c2cnc(N)nn2c1C1CC1(F)F. The number of nitrogens with zero attached hydrogens (tertiary/aromatic N) is 3. The number of nitrogens with two attached hydrogens (primary N) is 1. The summed E-state index contributed by atoms with van der Waals surface area (Å²) in [5.74, 6) is -2.79. The van der Waals surface area contributed by atoms with Gasteiger partial charge >= 0.3 is 0 Å². The van der Waals surface area contributed by atoms with Crippen LogP contribution >= 0.6 is 0 Å². The van der Waals surface area contributed by atoms with Crippen LogP contribution in [0.2, 0.25) is 0 Å². The monoisotopic (exact) mass is 252 g/mol. The Morgan fingerprint density at radius 1 is 1.56 bits per heavy atom. The zero-order chi connectivity index (χ0) is 13.1. The van der Waals surface area contributed by atoms with Gasteiger partial charge in [0.05, 0.1) is 23.4 Å². The van der Waals surface area contributed by atoms with Crippen LogP contribution in [0.4, 0.5) is 19.1 Å². The number of alkyl halides is 2. The van der Waals surface area contributed by atoms with Gasteiger partial charge in [-0.05, 0) is 0 Å². The van der Waals surface area contributed by atoms with E-state index in [-0.39, 0.29) is 29.1 Å². The van der Waals surface area contributed by atoms with E-state index in [0.29, 0.717) is 0 Å². The van der Waals surface area contributed by atoms with Crippen molar-refractivity contribution in [3.8, 4) is 12.3 Å². The number of aromatic nitrogens is 3. The van der Waals surface area contributed by atoms with Gasteiger partial charge in [-0.3, -0.25) is 0 Å². The Hall–Kier alpha value is -2.23. The van der Waals surface area contributed by atoms with Gasteiger partial charge in [-0.1, -0.05) is 5.92 Å². The van der Waals surface area contributed by atoms with Gasteiger partial charge in [0.1, 0.15) is 5.52 Å². The highest BCUT2D eigenvalue weighted by molar-refractivity contribution is 5.60. The molecule has 0 aromatic carbocycles. The molecule has 1 fully saturated rings. The van der Waals surface area contributed by atoms with Gasteiger partial charge in [0, 0.05) is 6.42 Å². The molecular weight excluding hydrogens is 245 g/mol. The molecule has 18 heavy (non-hydrogen) atoms. The minimum atomic E-state index is -2.87. The molecule has 0 bridgehead atoms. The first kappa shape index (κ1) is 10.9. The average molecular weight is 252 g/mol. The van der Waals surface area contributed by atoms with Gasteiger partial charge < -0.3 is 5.73 Å². The zero-order valence-electron chi connectivity index (χ0n) is 8.99. The Labute approximate surface area is 99.6 Å². The normalized spacial score (nSPS) is 20.9. The standard InChI is InChI=1S/C11H7F3N4/c1-2-5-8(12)7-4-16-10(15)17-18(7)9(5)6-3-11(6,13)14/h1,4,6H,3H2,(H2,15,17). The molecule has 0 radical (unpaired) electrons. The van der Waals surface area contributed by atoms with Crippen molar-refractivity contribution in [1.82, 2.24) is 14.6 Å². The maximum atomic E-state index is 13.9. The molecule has 0 spiro atoms. The van der Waals surface area contributed by atoms with Gasteiger partial charge in [0.2, 0.25) is 5.95 Å². The molecular formula is C11H7F3N4. The van der Waals surface area contributed by atoms with E-state index in [1.807, 2.05) is 0 Å². The van der Waals surface area contributed by atoms with Crippen LogP contribution in [-0.4, -0.2) is 20.5 Å². The highest BCUT2D eigenvalue weighted by atomic mass is 19.3. The van der Waals surface area contributed by atoms with Crippen LogP contribution < -0.4 is 5.73 Å². The maximum absolute atomic E-state index is 13.9. The molecule has 92 valence electrons. The molecule has 0 aliphatic heterocycles. The molecule has 1 aliphatic rings. The molecule has 1 atom stereocenters. The van der Waals surface area contributed by atoms with Crippen LogP contribution in [-0.2, 0) is 0 Å². The molecule has 4 nitrogen and oxygen atoms in total. The number of anilines is 1. The fourth-order valence-electron chi connectivity index (χ4n) is 2.01. The predicted octanol–water partition coefficient (Wildman–Crippen LogP) is 1.55. The largest absolute Gasteiger partial charge is 0.367 e. The first-order chi connectivity index (χ1) is 8.45. The summed E-state index contributed by atoms with van der Waals surface area (Å²) in [5.41, 5.74) is 5.12. The second kappa shape index (κ2) is 3.16. The van der Waals surface area contributed by atoms with E-state index >= 15 is 0 Å². The van der Waals surface area contributed by atoms with Crippen LogP contribution in [0.1, 0.15) is 23.6 Å². The Morgan fingerprint density at radius 2 is 2.22 bits per heavy atom. The smallest absolute Gasteiger partial charge is 0.257 e. The fraction of sp³-hybridized carbons (Fsp3) is 0.273. The third kappa shape index (κ3) is 1.29. The lowest BCUT2D eigenvalue weighted by Crippen LogP contribution is -2.05. The summed E-state index contributed by atoms with van der Waals surface area (Å²) in [4.78, 5) is 3.62. The van der Waals surface area contributed by atoms with E-state index in [1.54, 1.807) is 0 Å². The minimum Gasteiger partial charge on any atom is -0.367 e. The summed E-state index contributed by atoms with van der Waals surface area (Å²) in [5, 5.41) is 3.75. The summed E-state index contributed by atoms with van der Waals surface area (Å²) >= 11 is 0. The predicted molar refractivity (Wildman–Crippen MR) is 57.6 cm³/mol. The summed E-state index contributed by atoms with van der Waals surface area (Å²) in [6.45, 7) is 0. The molecule has 0 saturated heterocycles. The van der Waals surface area contributed by atoms with Crippen molar-refractivity contribution in [3.05, 3.63) is 23.3 Å². The number of hydrogen-bond acceptors (Lipinski definition) is 3. The van der Waals surface area contributed by atoms with E-state index in [9.17, 15) is 13.2 Å². The first-order valence-corrected chi connectivity index (χ1v) is 5.12. The van der Waals surface area contributed by atoms with E-state index in [0.717, 1.165) is 10.7 Å². The summed E-state index contributed by atoms with van der Waals surface area (Å²) in [6, 6.07) is 0. The molecule has 2 heterocycles. The van der Waals surface area contributed by atoms with Crippen LogP contribution in [0.5, 0.6) is 0 Å². The fourth-order valence-corrected chi connectivity index (χ4v) is 2.01. The second-order valence-electron chi connectivity index (χ2n) is 4.15. The van der Waals surface area contributed by atoms with Crippen LogP contribution in [0.3, 0.4) is 0 Å². The summed E-state index contributed by atoms with van der Waals surface area (Å²) in [7, 11) is 0. The Bertz CT molecular complexity index is 698. The lowest BCUT2D eigenvalue weighted by Gasteiger charge is -2.01. The van der Waals surface area contributed by atoms with E-state index in [4.69, 9.17) is 12.2 Å². The molecule has 2 aromatic rings. The van der Waals surface area contributed by atoms with Crippen molar-refractivity contribution in [2.45, 2.75) is 18.3 Å². The summed E-state index contributed by atoms with van der Waals surface area (Å²) in [6.07, 6.45) is 5.94. The van der Waals surface area contributed by atoms with Crippen molar-refractivity contribution < 1.29 is 13.2 Å². The summed E-state index contributed by atoms with van der Waals surface area (Å²) < 4.78 is 41.3. The minimum absolute atomic E-state index is 0.0101. The number of terminal acetylenes is 1. The second-order valence-corrected chi connectivity index (χ2v) is 4.15. The van der Waals surface area contributed by atoms with Crippen molar-refractivity contribution in [1.29, 1.82) is 0 Å². The quantitative estimate of drug-likeness (QED) is 0.783. The number of fused-ring (bicyclic) bond motifs is 1. The van der Waals surface area contributed by atoms with Crippen molar-refractivity contribution >= 4 is 11.5 Å². The Balaban J connectivity index is 2.35. The molecule has 7 heteroatoms. The van der Waals surface area contributed by atoms with Gasteiger partial charge in [0.25, 0.3) is 5.92 Å². The number of hydrogen-bond donors (Lipinski definition) is 1. The molecule has 2 aromatic heterocycles. The first-order valence-electron chi connectivity index (χ1n) is 5.12. The highest BCUT2D eigenvalue weighted by Gasteiger charge is 2.60.